The summed E-state index contributed by atoms with van der Waals surface area (Å²) >= 11 is 7.87. The number of nitrogens with zero attached hydrogens (tertiary/aromatic N) is 3. The summed E-state index contributed by atoms with van der Waals surface area (Å²) in [5.74, 6) is -0.351. The number of halogens is 2. The van der Waals surface area contributed by atoms with Crippen LogP contribution in [0.5, 0.6) is 0 Å². The van der Waals surface area contributed by atoms with E-state index in [4.69, 9.17) is 11.6 Å². The van der Waals surface area contributed by atoms with Gasteiger partial charge < -0.3 is 4.74 Å². The summed E-state index contributed by atoms with van der Waals surface area (Å²) in [5, 5.41) is 5.51. The highest BCUT2D eigenvalue weighted by atomic mass is 127. The van der Waals surface area contributed by atoms with Crippen molar-refractivity contribution in [1.82, 2.24) is 14.8 Å². The van der Waals surface area contributed by atoms with Gasteiger partial charge in [-0.25, -0.2) is 4.98 Å². The summed E-state index contributed by atoms with van der Waals surface area (Å²) in [5.41, 5.74) is 0.763. The lowest BCUT2D eigenvalue weighted by Crippen LogP contribution is -2.12. The molecule has 0 saturated heterocycles. The van der Waals surface area contributed by atoms with Crippen LogP contribution in [-0.2, 0) is 16.1 Å². The molecule has 5 nitrogen and oxygen atoms in total. The van der Waals surface area contributed by atoms with E-state index in [2.05, 4.69) is 37.4 Å². The maximum atomic E-state index is 11.2. The lowest BCUT2D eigenvalue weighted by atomic mass is 10.3. The third kappa shape index (κ3) is 2.12. The Hall–Kier alpha value is -0.890. The molecule has 2 rings (SSSR count). The Bertz CT molecular complexity index is 555. The molecule has 2 aromatic rings. The van der Waals surface area contributed by atoms with Crippen LogP contribution in [0.2, 0.25) is 5.15 Å². The molecule has 0 amide bonds. The number of esters is 1. The molecule has 0 spiro atoms. The molecule has 0 aliphatic heterocycles. The minimum absolute atomic E-state index is 0.0688. The van der Waals surface area contributed by atoms with Crippen molar-refractivity contribution in [2.45, 2.75) is 6.54 Å². The van der Waals surface area contributed by atoms with Gasteiger partial charge in [0.05, 0.1) is 18.8 Å². The van der Waals surface area contributed by atoms with E-state index >= 15 is 0 Å². The average molecular weight is 352 g/mol. The number of ether oxygens (including phenoxy) is 1. The first-order chi connectivity index (χ1) is 7.61. The molecular weight excluding hydrogens is 344 g/mol. The normalized spacial score (nSPS) is 10.7. The zero-order valence-corrected chi connectivity index (χ0v) is 11.2. The van der Waals surface area contributed by atoms with Crippen LogP contribution in [-0.4, -0.2) is 27.8 Å². The van der Waals surface area contributed by atoms with Gasteiger partial charge in [0.25, 0.3) is 0 Å². The number of hydrogen-bond donors (Lipinski definition) is 0. The number of hydrogen-bond acceptors (Lipinski definition) is 4. The largest absolute Gasteiger partial charge is 0.468 e. The van der Waals surface area contributed by atoms with Gasteiger partial charge in [-0.05, 0) is 28.7 Å². The van der Waals surface area contributed by atoms with Crippen LogP contribution in [0, 0.1) is 3.70 Å². The van der Waals surface area contributed by atoms with Crippen molar-refractivity contribution < 1.29 is 9.53 Å². The topological polar surface area (TPSA) is 57.0 Å². The van der Waals surface area contributed by atoms with Crippen LogP contribution in [0.4, 0.5) is 0 Å². The highest BCUT2D eigenvalue weighted by molar-refractivity contribution is 14.1. The zero-order chi connectivity index (χ0) is 11.7. The number of methoxy groups -OCH3 is 1. The summed E-state index contributed by atoms with van der Waals surface area (Å²) in [4.78, 5) is 15.1. The Morgan fingerprint density at radius 3 is 3.12 bits per heavy atom. The molecule has 0 atom stereocenters. The number of carbonyl (C=O) groups is 1. The average Bonchev–Trinajstić information content (AvgIpc) is 2.55. The van der Waals surface area contributed by atoms with Gasteiger partial charge in [-0.3, -0.25) is 9.48 Å². The molecule has 0 radical (unpaired) electrons. The Morgan fingerprint density at radius 1 is 1.69 bits per heavy atom. The van der Waals surface area contributed by atoms with Crippen molar-refractivity contribution in [3.63, 3.8) is 0 Å². The van der Waals surface area contributed by atoms with E-state index in [9.17, 15) is 4.79 Å². The Balaban J connectivity index is 2.51. The van der Waals surface area contributed by atoms with Gasteiger partial charge in [-0.1, -0.05) is 11.6 Å². The molecule has 0 bridgehead atoms. The fourth-order valence-corrected chi connectivity index (χ4v) is 2.17. The molecule has 0 unspecified atom stereocenters. The first kappa shape index (κ1) is 11.6. The van der Waals surface area contributed by atoms with E-state index in [1.807, 2.05) is 0 Å². The molecule has 0 aliphatic rings. The first-order valence-electron chi connectivity index (χ1n) is 4.36. The molecule has 2 aromatic heterocycles. The molecule has 7 heteroatoms. The number of fused-ring (bicyclic) bond motifs is 1. The van der Waals surface area contributed by atoms with E-state index < -0.39 is 0 Å². The summed E-state index contributed by atoms with van der Waals surface area (Å²) in [6.07, 6.45) is 1.59. The smallest absolute Gasteiger partial charge is 0.327 e. The summed E-state index contributed by atoms with van der Waals surface area (Å²) in [7, 11) is 1.34. The number of carbonyl (C=O) groups excluding carboxylic acids is 1. The number of rotatable bonds is 2. The maximum Gasteiger partial charge on any atom is 0.327 e. The highest BCUT2D eigenvalue weighted by Gasteiger charge is 2.12. The van der Waals surface area contributed by atoms with Crippen LogP contribution < -0.4 is 0 Å². The molecule has 0 aliphatic carbocycles. The van der Waals surface area contributed by atoms with Gasteiger partial charge in [-0.2, -0.15) is 5.10 Å². The van der Waals surface area contributed by atoms with Crippen molar-refractivity contribution >= 4 is 51.1 Å². The van der Waals surface area contributed by atoms with Gasteiger partial charge in [0.1, 0.15) is 15.4 Å². The van der Waals surface area contributed by atoms with E-state index in [0.717, 1.165) is 14.6 Å². The molecule has 84 valence electrons. The van der Waals surface area contributed by atoms with E-state index in [-0.39, 0.29) is 12.5 Å². The minimum atomic E-state index is -0.351. The Morgan fingerprint density at radius 2 is 2.44 bits per heavy atom. The van der Waals surface area contributed by atoms with Gasteiger partial charge in [0.15, 0.2) is 0 Å². The van der Waals surface area contributed by atoms with Gasteiger partial charge in [0, 0.05) is 5.39 Å². The Kier molecular flexibility index (Phi) is 3.29. The second kappa shape index (κ2) is 4.54. The highest BCUT2D eigenvalue weighted by Crippen LogP contribution is 2.22. The third-order valence-electron chi connectivity index (χ3n) is 2.06. The van der Waals surface area contributed by atoms with Crippen molar-refractivity contribution in [3.8, 4) is 0 Å². The molecule has 0 N–H and O–H groups in total. The van der Waals surface area contributed by atoms with Crippen molar-refractivity contribution in [3.05, 3.63) is 21.1 Å². The van der Waals surface area contributed by atoms with Crippen LogP contribution in [0.15, 0.2) is 12.3 Å². The predicted octanol–water partition coefficient (Wildman–Crippen LogP) is 1.86. The van der Waals surface area contributed by atoms with Crippen LogP contribution in [0.3, 0.4) is 0 Å². The second-order valence-electron chi connectivity index (χ2n) is 3.05. The second-order valence-corrected chi connectivity index (χ2v) is 4.46. The summed E-state index contributed by atoms with van der Waals surface area (Å²) in [6.45, 7) is 0.0688. The van der Waals surface area contributed by atoms with E-state index in [1.165, 1.54) is 7.11 Å². The van der Waals surface area contributed by atoms with Gasteiger partial charge in [0.2, 0.25) is 0 Å². The molecule has 2 heterocycles. The van der Waals surface area contributed by atoms with Crippen molar-refractivity contribution in [1.29, 1.82) is 0 Å². The molecular formula is C9H7ClIN3O2. The fourth-order valence-electron chi connectivity index (χ4n) is 1.31. The molecule has 0 fully saturated rings. The van der Waals surface area contributed by atoms with Gasteiger partial charge >= 0.3 is 5.97 Å². The SMILES string of the molecule is COC(=O)Cn1nc(I)c2cc(Cl)ncc21. The van der Waals surface area contributed by atoms with Crippen molar-refractivity contribution in [2.24, 2.45) is 0 Å². The van der Waals surface area contributed by atoms with Crippen molar-refractivity contribution in [2.75, 3.05) is 7.11 Å². The van der Waals surface area contributed by atoms with E-state index in [0.29, 0.717) is 5.15 Å². The number of aromatic nitrogens is 3. The molecule has 0 aromatic carbocycles. The third-order valence-corrected chi connectivity index (χ3v) is 3.07. The summed E-state index contributed by atoms with van der Waals surface area (Å²) < 4.78 is 6.91. The summed E-state index contributed by atoms with van der Waals surface area (Å²) in [6, 6.07) is 1.72. The quantitative estimate of drug-likeness (QED) is 0.471. The number of pyridine rings is 1. The van der Waals surface area contributed by atoms with E-state index in [1.54, 1.807) is 16.9 Å². The predicted molar refractivity (Wildman–Crippen MR) is 67.3 cm³/mol. The first-order valence-corrected chi connectivity index (χ1v) is 5.82. The zero-order valence-electron chi connectivity index (χ0n) is 8.28. The van der Waals surface area contributed by atoms with Crippen LogP contribution in [0.1, 0.15) is 0 Å². The van der Waals surface area contributed by atoms with Gasteiger partial charge in [-0.15, -0.1) is 0 Å². The maximum absolute atomic E-state index is 11.2. The lowest BCUT2D eigenvalue weighted by Gasteiger charge is -2.00. The lowest BCUT2D eigenvalue weighted by molar-refractivity contribution is -0.141. The minimum Gasteiger partial charge on any atom is -0.468 e. The molecule has 0 saturated carbocycles. The Labute approximate surface area is 110 Å². The fraction of sp³-hybridized carbons (Fsp3) is 0.222. The monoisotopic (exact) mass is 351 g/mol. The van der Waals surface area contributed by atoms with Crippen LogP contribution >= 0.6 is 34.2 Å². The van der Waals surface area contributed by atoms with Crippen LogP contribution in [0.25, 0.3) is 10.9 Å². The molecule has 16 heavy (non-hydrogen) atoms. The standard InChI is InChI=1S/C9H7ClIN3O2/c1-16-8(15)4-14-6-3-12-7(10)2-5(6)9(11)13-14/h2-3H,4H2,1H3.